The minimum absolute atomic E-state index is 0. The van der Waals surface area contributed by atoms with Gasteiger partial charge in [0.2, 0.25) is 0 Å². The quantitative estimate of drug-likeness (QED) is 0.812. The largest absolute Gasteiger partial charge is 0.352 e. The number of hydrogen-bond donors (Lipinski definition) is 1. The highest BCUT2D eigenvalue weighted by molar-refractivity contribution is 14.0. The number of likely N-dealkylation sites (N-methyl/N-ethyl adjacent to an activating group) is 1. The van der Waals surface area contributed by atoms with Gasteiger partial charge in [0, 0.05) is 38.4 Å². The van der Waals surface area contributed by atoms with Gasteiger partial charge >= 0.3 is 0 Å². The third-order valence-corrected chi connectivity index (χ3v) is 3.14. The van der Waals surface area contributed by atoms with Crippen molar-refractivity contribution < 1.29 is 0 Å². The van der Waals surface area contributed by atoms with E-state index in [9.17, 15) is 0 Å². The lowest BCUT2D eigenvalue weighted by molar-refractivity contribution is 0.533. The molecule has 0 saturated carbocycles. The van der Waals surface area contributed by atoms with Gasteiger partial charge < -0.3 is 10.2 Å². The molecule has 2 heterocycles. The van der Waals surface area contributed by atoms with Crippen LogP contribution in [0.15, 0.2) is 4.99 Å². The number of hydrogen-bond acceptors (Lipinski definition) is 4. The molecule has 0 spiro atoms. The molecular formula is C11H20IN5. The van der Waals surface area contributed by atoms with Gasteiger partial charge in [0.1, 0.15) is 0 Å². The summed E-state index contributed by atoms with van der Waals surface area (Å²) in [6.45, 7) is 6.84. The molecule has 5 nitrogen and oxygen atoms in total. The van der Waals surface area contributed by atoms with Crippen LogP contribution in [0.5, 0.6) is 0 Å². The molecule has 0 saturated heterocycles. The lowest BCUT2D eigenvalue weighted by atomic mass is 10.2. The van der Waals surface area contributed by atoms with E-state index in [0.717, 1.165) is 31.3 Å². The Morgan fingerprint density at radius 3 is 2.47 bits per heavy atom. The molecule has 96 valence electrons. The van der Waals surface area contributed by atoms with Gasteiger partial charge in [0.05, 0.1) is 12.2 Å². The van der Waals surface area contributed by atoms with Crippen LogP contribution in [-0.2, 0) is 13.6 Å². The highest BCUT2D eigenvalue weighted by Crippen LogP contribution is 2.11. The van der Waals surface area contributed by atoms with Crippen molar-refractivity contribution in [2.75, 3.05) is 20.1 Å². The summed E-state index contributed by atoms with van der Waals surface area (Å²) in [6, 6.07) is 0. The summed E-state index contributed by atoms with van der Waals surface area (Å²) in [5.41, 5.74) is 3.57. The zero-order valence-electron chi connectivity index (χ0n) is 10.8. The average Bonchev–Trinajstić information content (AvgIpc) is 2.72. The molecule has 0 radical (unpaired) electrons. The predicted molar refractivity (Wildman–Crippen MR) is 79.9 cm³/mol. The number of halogens is 1. The minimum Gasteiger partial charge on any atom is -0.352 e. The van der Waals surface area contributed by atoms with Gasteiger partial charge in [0.15, 0.2) is 5.96 Å². The molecular weight excluding hydrogens is 329 g/mol. The molecule has 1 aromatic rings. The number of aromatic nitrogens is 2. The lowest BCUT2D eigenvalue weighted by Gasteiger charge is -2.15. The summed E-state index contributed by atoms with van der Waals surface area (Å²) in [7, 11) is 4.03. The fraction of sp³-hybridized carbons (Fsp3) is 0.636. The average molecular weight is 349 g/mol. The molecule has 1 aliphatic heterocycles. The topological polar surface area (TPSA) is 45.5 Å². The van der Waals surface area contributed by atoms with Crippen molar-refractivity contribution in [1.82, 2.24) is 20.0 Å². The molecule has 2 rings (SSSR count). The standard InChI is InChI=1S/C11H19N5.HI/c1-8-10(9(2)16(4)14-8)7-13-11-12-5-6-15(11)3;/h5-7H2,1-4H3,(H,12,13);1H. The molecule has 1 aliphatic rings. The molecule has 1 N–H and O–H groups in total. The second-order valence-electron chi connectivity index (χ2n) is 4.25. The van der Waals surface area contributed by atoms with E-state index in [2.05, 4.69) is 34.3 Å². The summed E-state index contributed by atoms with van der Waals surface area (Å²) in [5.74, 6) is 0.989. The third kappa shape index (κ3) is 2.91. The Labute approximate surface area is 119 Å². The van der Waals surface area contributed by atoms with Crippen LogP contribution in [0.1, 0.15) is 17.0 Å². The van der Waals surface area contributed by atoms with Crippen LogP contribution < -0.4 is 5.32 Å². The van der Waals surface area contributed by atoms with Crippen LogP contribution in [0.25, 0.3) is 0 Å². The molecule has 0 bridgehead atoms. The Morgan fingerprint density at radius 1 is 1.29 bits per heavy atom. The lowest BCUT2D eigenvalue weighted by Crippen LogP contribution is -2.35. The van der Waals surface area contributed by atoms with Crippen molar-refractivity contribution in [2.24, 2.45) is 12.0 Å². The smallest absolute Gasteiger partial charge is 0.194 e. The minimum atomic E-state index is 0. The third-order valence-electron chi connectivity index (χ3n) is 3.14. The van der Waals surface area contributed by atoms with Crippen molar-refractivity contribution in [3.05, 3.63) is 17.0 Å². The second kappa shape index (κ2) is 5.70. The first-order chi connectivity index (χ1) is 7.59. The van der Waals surface area contributed by atoms with E-state index in [0.29, 0.717) is 0 Å². The van der Waals surface area contributed by atoms with Gasteiger partial charge in [0.25, 0.3) is 0 Å². The maximum atomic E-state index is 4.40. The van der Waals surface area contributed by atoms with Gasteiger partial charge in [-0.2, -0.15) is 5.10 Å². The predicted octanol–water partition coefficient (Wildman–Crippen LogP) is 1.05. The Hall–Kier alpha value is -0.790. The van der Waals surface area contributed by atoms with E-state index in [-0.39, 0.29) is 24.0 Å². The molecule has 0 amide bonds. The van der Waals surface area contributed by atoms with Gasteiger partial charge in [-0.25, -0.2) is 0 Å². The summed E-state index contributed by atoms with van der Waals surface area (Å²) in [4.78, 5) is 6.54. The number of aliphatic imine (C=N–C) groups is 1. The number of rotatable bonds is 2. The molecule has 1 aromatic heterocycles. The summed E-state index contributed by atoms with van der Waals surface area (Å²) in [5, 5.41) is 7.76. The number of aryl methyl sites for hydroxylation is 2. The maximum Gasteiger partial charge on any atom is 0.194 e. The first kappa shape index (κ1) is 14.3. The zero-order chi connectivity index (χ0) is 11.7. The molecule has 0 atom stereocenters. The van der Waals surface area contributed by atoms with E-state index in [1.807, 2.05) is 18.7 Å². The molecule has 0 fully saturated rings. The number of nitrogens with one attached hydrogen (secondary N) is 1. The number of nitrogens with zero attached hydrogens (tertiary/aromatic N) is 4. The molecule has 6 heteroatoms. The first-order valence-electron chi connectivity index (χ1n) is 5.58. The van der Waals surface area contributed by atoms with E-state index in [4.69, 9.17) is 0 Å². The van der Waals surface area contributed by atoms with Crippen LogP contribution in [0.2, 0.25) is 0 Å². The Bertz CT molecular complexity index is 424. The van der Waals surface area contributed by atoms with Crippen molar-refractivity contribution in [1.29, 1.82) is 0 Å². The first-order valence-corrected chi connectivity index (χ1v) is 5.58. The molecule has 17 heavy (non-hydrogen) atoms. The number of guanidine groups is 1. The van der Waals surface area contributed by atoms with Crippen molar-refractivity contribution in [2.45, 2.75) is 20.4 Å². The van der Waals surface area contributed by atoms with E-state index >= 15 is 0 Å². The maximum absolute atomic E-state index is 4.40. The van der Waals surface area contributed by atoms with Gasteiger partial charge in [-0.15, -0.1) is 24.0 Å². The Morgan fingerprint density at radius 2 is 2.00 bits per heavy atom. The van der Waals surface area contributed by atoms with Gasteiger partial charge in [-0.1, -0.05) is 0 Å². The van der Waals surface area contributed by atoms with Crippen LogP contribution in [0.3, 0.4) is 0 Å². The van der Waals surface area contributed by atoms with Crippen LogP contribution in [0, 0.1) is 13.8 Å². The highest BCUT2D eigenvalue weighted by atomic mass is 127. The summed E-state index contributed by atoms with van der Waals surface area (Å²) < 4.78 is 1.92. The second-order valence-corrected chi connectivity index (χ2v) is 4.25. The van der Waals surface area contributed by atoms with Crippen LogP contribution in [-0.4, -0.2) is 40.8 Å². The SMILES string of the molecule is Cc1nn(C)c(C)c1CNC1=NCCN1C.I. The molecule has 0 aromatic carbocycles. The van der Waals surface area contributed by atoms with Gasteiger partial charge in [-0.3, -0.25) is 9.67 Å². The van der Waals surface area contributed by atoms with E-state index < -0.39 is 0 Å². The van der Waals surface area contributed by atoms with Crippen LogP contribution >= 0.6 is 24.0 Å². The summed E-state index contributed by atoms with van der Waals surface area (Å²) >= 11 is 0. The Kier molecular flexibility index (Phi) is 4.79. The normalized spacial score (nSPS) is 14.6. The van der Waals surface area contributed by atoms with Crippen molar-refractivity contribution in [3.63, 3.8) is 0 Å². The fourth-order valence-electron chi connectivity index (χ4n) is 1.96. The summed E-state index contributed by atoms with van der Waals surface area (Å²) in [6.07, 6.45) is 0. The van der Waals surface area contributed by atoms with Crippen molar-refractivity contribution >= 4 is 29.9 Å². The monoisotopic (exact) mass is 349 g/mol. The Balaban J connectivity index is 0.00000144. The molecule has 0 aliphatic carbocycles. The highest BCUT2D eigenvalue weighted by Gasteiger charge is 2.14. The van der Waals surface area contributed by atoms with Gasteiger partial charge in [-0.05, 0) is 13.8 Å². The molecule has 0 unspecified atom stereocenters. The fourth-order valence-corrected chi connectivity index (χ4v) is 1.96. The van der Waals surface area contributed by atoms with Crippen LogP contribution in [0.4, 0.5) is 0 Å². The van der Waals surface area contributed by atoms with Crippen molar-refractivity contribution in [3.8, 4) is 0 Å². The zero-order valence-corrected chi connectivity index (χ0v) is 13.1. The van der Waals surface area contributed by atoms with E-state index in [1.54, 1.807) is 0 Å². The van der Waals surface area contributed by atoms with E-state index in [1.165, 1.54) is 11.3 Å².